The number of hydrogen-bond donors (Lipinski definition) is 2. The van der Waals surface area contributed by atoms with E-state index in [1.165, 1.54) is 0 Å². The molecule has 1 aromatic carbocycles. The Morgan fingerprint density at radius 3 is 2.86 bits per heavy atom. The highest BCUT2D eigenvalue weighted by Crippen LogP contribution is 2.21. The summed E-state index contributed by atoms with van der Waals surface area (Å²) < 4.78 is 0. The quantitative estimate of drug-likeness (QED) is 0.729. The summed E-state index contributed by atoms with van der Waals surface area (Å²) in [6.45, 7) is 1.51. The molecular formula is C21H26N6O. The van der Waals surface area contributed by atoms with Gasteiger partial charge in [0.15, 0.2) is 0 Å². The normalized spacial score (nSPS) is 17.4. The summed E-state index contributed by atoms with van der Waals surface area (Å²) >= 11 is 0. The Hall–Kier alpha value is -3.09. The van der Waals surface area contributed by atoms with Gasteiger partial charge in [-0.3, -0.25) is 4.79 Å². The number of amides is 1. The Bertz CT molecular complexity index is 949. The third-order valence-electron chi connectivity index (χ3n) is 5.27. The number of aromatic amines is 1. The number of benzene rings is 1. The van der Waals surface area contributed by atoms with Crippen molar-refractivity contribution in [3.05, 3.63) is 48.4 Å². The van der Waals surface area contributed by atoms with E-state index in [9.17, 15) is 4.79 Å². The summed E-state index contributed by atoms with van der Waals surface area (Å²) in [5.41, 5.74) is 3.35. The van der Waals surface area contributed by atoms with Crippen LogP contribution in [0, 0.1) is 0 Å². The molecule has 0 radical (unpaired) electrons. The van der Waals surface area contributed by atoms with Gasteiger partial charge in [0, 0.05) is 33.2 Å². The van der Waals surface area contributed by atoms with Crippen LogP contribution in [0.3, 0.4) is 0 Å². The molecule has 28 heavy (non-hydrogen) atoms. The second kappa shape index (κ2) is 7.88. The maximum absolute atomic E-state index is 13.1. The molecule has 146 valence electrons. The van der Waals surface area contributed by atoms with Crippen molar-refractivity contribution in [1.29, 1.82) is 0 Å². The average molecular weight is 378 g/mol. The van der Waals surface area contributed by atoms with Gasteiger partial charge in [0.1, 0.15) is 11.3 Å². The van der Waals surface area contributed by atoms with Gasteiger partial charge in [0.2, 0.25) is 0 Å². The first-order valence-corrected chi connectivity index (χ1v) is 9.73. The SMILES string of the molecule is CN(C)c1ccc(N[C@H]2CCCN(C(=O)c3cccc4[nH]cnc34)CC2)cn1. The van der Waals surface area contributed by atoms with Crippen molar-refractivity contribution >= 4 is 28.4 Å². The number of aromatic nitrogens is 3. The first kappa shape index (κ1) is 18.3. The van der Waals surface area contributed by atoms with Crippen molar-refractivity contribution in [3.63, 3.8) is 0 Å². The van der Waals surface area contributed by atoms with E-state index in [4.69, 9.17) is 0 Å². The zero-order valence-corrected chi connectivity index (χ0v) is 16.4. The van der Waals surface area contributed by atoms with Gasteiger partial charge in [-0.25, -0.2) is 9.97 Å². The number of fused-ring (bicyclic) bond motifs is 1. The van der Waals surface area contributed by atoms with E-state index in [-0.39, 0.29) is 5.91 Å². The Labute approximate surface area is 164 Å². The summed E-state index contributed by atoms with van der Waals surface area (Å²) in [5.74, 6) is 1.01. The molecule has 0 aliphatic carbocycles. The lowest BCUT2D eigenvalue weighted by Crippen LogP contribution is -2.32. The van der Waals surface area contributed by atoms with E-state index in [2.05, 4.69) is 26.3 Å². The van der Waals surface area contributed by atoms with Crippen LogP contribution in [0.1, 0.15) is 29.6 Å². The zero-order chi connectivity index (χ0) is 19.5. The average Bonchev–Trinajstić information content (AvgIpc) is 3.07. The molecule has 3 heterocycles. The number of pyridine rings is 1. The number of rotatable bonds is 4. The maximum atomic E-state index is 13.1. The lowest BCUT2D eigenvalue weighted by atomic mass is 10.1. The van der Waals surface area contributed by atoms with Crippen molar-refractivity contribution in [1.82, 2.24) is 19.9 Å². The predicted molar refractivity (Wildman–Crippen MR) is 112 cm³/mol. The number of nitrogens with zero attached hydrogens (tertiary/aromatic N) is 4. The molecule has 0 saturated carbocycles. The topological polar surface area (TPSA) is 77.1 Å². The third-order valence-corrected chi connectivity index (χ3v) is 5.27. The predicted octanol–water partition coefficient (Wildman–Crippen LogP) is 3.13. The molecule has 7 heteroatoms. The second-order valence-electron chi connectivity index (χ2n) is 7.47. The standard InChI is InChI=1S/C21H26N6O/c1-26(2)19-9-8-16(13-22-19)25-15-5-4-11-27(12-10-15)21(28)17-6-3-7-18-20(17)24-14-23-18/h3,6-9,13-15,25H,4-5,10-12H2,1-2H3,(H,23,24)/t15-/m0/s1. The molecule has 1 aliphatic rings. The Kier molecular flexibility index (Phi) is 5.14. The van der Waals surface area contributed by atoms with Crippen LogP contribution >= 0.6 is 0 Å². The monoisotopic (exact) mass is 378 g/mol. The number of imidazole rings is 1. The molecule has 1 saturated heterocycles. The van der Waals surface area contributed by atoms with Crippen molar-refractivity contribution in [2.45, 2.75) is 25.3 Å². The molecule has 7 nitrogen and oxygen atoms in total. The number of para-hydroxylation sites is 1. The summed E-state index contributed by atoms with van der Waals surface area (Å²) in [5, 5.41) is 3.58. The highest BCUT2D eigenvalue weighted by atomic mass is 16.2. The van der Waals surface area contributed by atoms with Gasteiger partial charge in [0.25, 0.3) is 5.91 Å². The van der Waals surface area contributed by atoms with Crippen LogP contribution in [0.4, 0.5) is 11.5 Å². The smallest absolute Gasteiger partial charge is 0.256 e. The minimum Gasteiger partial charge on any atom is -0.381 e. The van der Waals surface area contributed by atoms with Crippen LogP contribution < -0.4 is 10.2 Å². The van der Waals surface area contributed by atoms with E-state index < -0.39 is 0 Å². The largest absolute Gasteiger partial charge is 0.381 e. The van der Waals surface area contributed by atoms with Crippen LogP contribution in [-0.4, -0.2) is 59.0 Å². The molecule has 1 amide bonds. The van der Waals surface area contributed by atoms with Crippen LogP contribution in [-0.2, 0) is 0 Å². The van der Waals surface area contributed by atoms with Crippen LogP contribution in [0.2, 0.25) is 0 Å². The Morgan fingerprint density at radius 1 is 1.18 bits per heavy atom. The lowest BCUT2D eigenvalue weighted by molar-refractivity contribution is 0.0763. The van der Waals surface area contributed by atoms with Gasteiger partial charge in [-0.2, -0.15) is 0 Å². The maximum Gasteiger partial charge on any atom is 0.256 e. The molecule has 1 fully saturated rings. The van der Waals surface area contributed by atoms with Crippen molar-refractivity contribution in [2.24, 2.45) is 0 Å². The number of hydrogen-bond acceptors (Lipinski definition) is 5. The molecule has 0 unspecified atom stereocenters. The van der Waals surface area contributed by atoms with E-state index in [1.54, 1.807) is 6.33 Å². The molecule has 2 N–H and O–H groups in total. The van der Waals surface area contributed by atoms with E-state index >= 15 is 0 Å². The molecule has 0 bridgehead atoms. The summed E-state index contributed by atoms with van der Waals surface area (Å²) in [4.78, 5) is 28.9. The highest BCUT2D eigenvalue weighted by Gasteiger charge is 2.23. The first-order chi connectivity index (χ1) is 13.6. The molecule has 1 aliphatic heterocycles. The number of carbonyl (C=O) groups is 1. The van der Waals surface area contributed by atoms with E-state index in [1.807, 2.05) is 54.4 Å². The summed E-state index contributed by atoms with van der Waals surface area (Å²) in [7, 11) is 3.96. The van der Waals surface area contributed by atoms with Gasteiger partial charge in [0.05, 0.1) is 29.3 Å². The van der Waals surface area contributed by atoms with Gasteiger partial charge >= 0.3 is 0 Å². The third kappa shape index (κ3) is 3.78. The zero-order valence-electron chi connectivity index (χ0n) is 16.4. The molecule has 3 aromatic rings. The van der Waals surface area contributed by atoms with Crippen LogP contribution in [0.5, 0.6) is 0 Å². The van der Waals surface area contributed by atoms with Crippen LogP contribution in [0.25, 0.3) is 11.0 Å². The minimum atomic E-state index is 0.0651. The molecule has 4 rings (SSSR count). The molecule has 2 aromatic heterocycles. The Morgan fingerprint density at radius 2 is 2.07 bits per heavy atom. The number of carbonyl (C=O) groups excluding carboxylic acids is 1. The fraction of sp³-hybridized carbons (Fsp3) is 0.381. The Balaban J connectivity index is 1.41. The lowest BCUT2D eigenvalue weighted by Gasteiger charge is -2.21. The number of H-pyrrole nitrogens is 1. The number of likely N-dealkylation sites (tertiary alicyclic amines) is 1. The van der Waals surface area contributed by atoms with E-state index in [0.717, 1.165) is 54.9 Å². The second-order valence-corrected chi connectivity index (χ2v) is 7.47. The van der Waals surface area contributed by atoms with Crippen molar-refractivity contribution < 1.29 is 4.79 Å². The fourth-order valence-electron chi connectivity index (χ4n) is 3.72. The molecule has 0 spiro atoms. The van der Waals surface area contributed by atoms with Crippen molar-refractivity contribution in [2.75, 3.05) is 37.4 Å². The summed E-state index contributed by atoms with van der Waals surface area (Å²) in [6, 6.07) is 10.1. The first-order valence-electron chi connectivity index (χ1n) is 9.73. The van der Waals surface area contributed by atoms with Gasteiger partial charge in [-0.05, 0) is 43.5 Å². The fourth-order valence-corrected chi connectivity index (χ4v) is 3.72. The minimum absolute atomic E-state index is 0.0651. The number of anilines is 2. The highest BCUT2D eigenvalue weighted by molar-refractivity contribution is 6.04. The molecule has 1 atom stereocenters. The van der Waals surface area contributed by atoms with Gasteiger partial charge < -0.3 is 20.1 Å². The summed E-state index contributed by atoms with van der Waals surface area (Å²) in [6.07, 6.45) is 6.44. The van der Waals surface area contributed by atoms with Crippen molar-refractivity contribution in [3.8, 4) is 0 Å². The number of nitrogens with one attached hydrogen (secondary N) is 2. The molecular weight excluding hydrogens is 352 g/mol. The van der Waals surface area contributed by atoms with E-state index in [0.29, 0.717) is 11.6 Å². The van der Waals surface area contributed by atoms with Gasteiger partial charge in [-0.15, -0.1) is 0 Å². The van der Waals surface area contributed by atoms with Crippen LogP contribution in [0.15, 0.2) is 42.9 Å². The van der Waals surface area contributed by atoms with Gasteiger partial charge in [-0.1, -0.05) is 6.07 Å².